The van der Waals surface area contributed by atoms with Gasteiger partial charge in [-0.3, -0.25) is 0 Å². The lowest BCUT2D eigenvalue weighted by Gasteiger charge is -2.08. The molecule has 15 heavy (non-hydrogen) atoms. The zero-order chi connectivity index (χ0) is 10.7. The molecule has 1 aromatic carbocycles. The van der Waals surface area contributed by atoms with Crippen molar-refractivity contribution in [2.45, 2.75) is 37.7 Å². The van der Waals surface area contributed by atoms with Gasteiger partial charge in [-0.05, 0) is 43.4 Å². The van der Waals surface area contributed by atoms with Crippen LogP contribution in [0.15, 0.2) is 24.3 Å². The van der Waals surface area contributed by atoms with Crippen LogP contribution in [0.25, 0.3) is 0 Å². The van der Waals surface area contributed by atoms with Gasteiger partial charge < -0.3 is 10.8 Å². The molecular formula is C13H19NO. The molecule has 2 heteroatoms. The summed E-state index contributed by atoms with van der Waals surface area (Å²) in [6, 6.07) is 8.55. The van der Waals surface area contributed by atoms with Gasteiger partial charge in [0.1, 0.15) is 0 Å². The molecule has 0 unspecified atom stereocenters. The van der Waals surface area contributed by atoms with Crippen molar-refractivity contribution in [3.63, 3.8) is 0 Å². The zero-order valence-corrected chi connectivity index (χ0v) is 9.08. The highest BCUT2D eigenvalue weighted by molar-refractivity contribution is 5.25. The Morgan fingerprint density at radius 3 is 2.27 bits per heavy atom. The Balaban J connectivity index is 1.91. The van der Waals surface area contributed by atoms with E-state index in [0.29, 0.717) is 0 Å². The summed E-state index contributed by atoms with van der Waals surface area (Å²) in [7, 11) is 0. The normalized spacial score (nSPS) is 17.7. The zero-order valence-electron chi connectivity index (χ0n) is 9.08. The molecule has 0 aromatic heterocycles. The number of aliphatic hydroxyl groups is 1. The average Bonchev–Trinajstić information content (AvgIpc) is 2.95. The molecule has 0 bridgehead atoms. The highest BCUT2D eigenvalue weighted by Gasteiger charge is 2.39. The lowest BCUT2D eigenvalue weighted by atomic mass is 10.0. The summed E-state index contributed by atoms with van der Waals surface area (Å²) in [5, 5.41) is 9.78. The van der Waals surface area contributed by atoms with Crippen LogP contribution in [-0.2, 0) is 12.8 Å². The van der Waals surface area contributed by atoms with Crippen LogP contribution in [0.2, 0.25) is 0 Å². The van der Waals surface area contributed by atoms with Gasteiger partial charge in [-0.1, -0.05) is 24.3 Å². The van der Waals surface area contributed by atoms with Crippen LogP contribution in [0.3, 0.4) is 0 Å². The predicted molar refractivity (Wildman–Crippen MR) is 61.7 cm³/mol. The number of hydrogen-bond donors (Lipinski definition) is 2. The Kier molecular flexibility index (Phi) is 3.08. The Labute approximate surface area is 91.1 Å². The van der Waals surface area contributed by atoms with E-state index in [0.717, 1.165) is 38.6 Å². The summed E-state index contributed by atoms with van der Waals surface area (Å²) < 4.78 is 0. The molecule has 0 saturated heterocycles. The Bertz CT molecular complexity index is 314. The van der Waals surface area contributed by atoms with Crippen LogP contribution in [0.1, 0.15) is 30.4 Å². The molecule has 0 radical (unpaired) electrons. The van der Waals surface area contributed by atoms with Crippen molar-refractivity contribution < 1.29 is 5.11 Å². The topological polar surface area (TPSA) is 46.2 Å². The Morgan fingerprint density at radius 1 is 1.13 bits per heavy atom. The van der Waals surface area contributed by atoms with Gasteiger partial charge >= 0.3 is 0 Å². The van der Waals surface area contributed by atoms with Crippen molar-refractivity contribution in [2.24, 2.45) is 5.73 Å². The molecular weight excluding hydrogens is 186 g/mol. The van der Waals surface area contributed by atoms with Gasteiger partial charge in [0.25, 0.3) is 0 Å². The second kappa shape index (κ2) is 4.33. The highest BCUT2D eigenvalue weighted by Crippen LogP contribution is 2.38. The maximum atomic E-state index is 9.78. The second-order valence-corrected chi connectivity index (χ2v) is 4.61. The molecule has 0 atom stereocenters. The molecule has 1 aromatic rings. The van der Waals surface area contributed by atoms with E-state index < -0.39 is 0 Å². The van der Waals surface area contributed by atoms with Crippen molar-refractivity contribution >= 4 is 0 Å². The first-order valence-electron chi connectivity index (χ1n) is 5.72. The minimum atomic E-state index is -0.376. The summed E-state index contributed by atoms with van der Waals surface area (Å²) >= 11 is 0. The standard InChI is InChI=1S/C13H19NO/c14-9-1-2-11-3-5-12(6-4-11)10-13(15)7-8-13/h3-6,15H,1-2,7-10,14H2. The Hall–Kier alpha value is -0.860. The molecule has 3 N–H and O–H groups in total. The van der Waals surface area contributed by atoms with Crippen LogP contribution in [0, 0.1) is 0 Å². The molecule has 1 aliphatic carbocycles. The summed E-state index contributed by atoms with van der Waals surface area (Å²) in [6.45, 7) is 0.751. The smallest absolute Gasteiger partial charge is 0.0690 e. The van der Waals surface area contributed by atoms with Gasteiger partial charge in [0, 0.05) is 6.42 Å². The lowest BCUT2D eigenvalue weighted by molar-refractivity contribution is 0.151. The van der Waals surface area contributed by atoms with Crippen molar-refractivity contribution in [3.05, 3.63) is 35.4 Å². The van der Waals surface area contributed by atoms with Gasteiger partial charge in [0.05, 0.1) is 5.60 Å². The van der Waals surface area contributed by atoms with Gasteiger partial charge in [-0.15, -0.1) is 0 Å². The van der Waals surface area contributed by atoms with Gasteiger partial charge in [-0.25, -0.2) is 0 Å². The van der Waals surface area contributed by atoms with E-state index in [9.17, 15) is 5.11 Å². The third kappa shape index (κ3) is 3.05. The molecule has 2 nitrogen and oxygen atoms in total. The van der Waals surface area contributed by atoms with E-state index in [4.69, 9.17) is 5.73 Å². The first-order valence-corrected chi connectivity index (χ1v) is 5.72. The summed E-state index contributed by atoms with van der Waals surface area (Å²) in [5.74, 6) is 0. The van der Waals surface area contributed by atoms with Crippen LogP contribution >= 0.6 is 0 Å². The van der Waals surface area contributed by atoms with Crippen LogP contribution in [0.4, 0.5) is 0 Å². The molecule has 1 saturated carbocycles. The molecule has 0 aliphatic heterocycles. The maximum absolute atomic E-state index is 9.78. The molecule has 0 amide bonds. The van der Waals surface area contributed by atoms with Gasteiger partial charge in [-0.2, -0.15) is 0 Å². The van der Waals surface area contributed by atoms with Crippen molar-refractivity contribution in [1.82, 2.24) is 0 Å². The van der Waals surface area contributed by atoms with E-state index in [1.54, 1.807) is 0 Å². The highest BCUT2D eigenvalue weighted by atomic mass is 16.3. The SMILES string of the molecule is NCCCc1ccc(CC2(O)CC2)cc1. The van der Waals surface area contributed by atoms with Gasteiger partial charge in [0.2, 0.25) is 0 Å². The monoisotopic (exact) mass is 205 g/mol. The number of rotatable bonds is 5. The summed E-state index contributed by atoms with van der Waals surface area (Å²) in [6.07, 6.45) is 4.83. The molecule has 0 spiro atoms. The number of aryl methyl sites for hydroxylation is 1. The van der Waals surface area contributed by atoms with Crippen LogP contribution in [-0.4, -0.2) is 17.3 Å². The van der Waals surface area contributed by atoms with E-state index in [1.807, 2.05) is 0 Å². The molecule has 2 rings (SSSR count). The molecule has 82 valence electrons. The quantitative estimate of drug-likeness (QED) is 0.767. The summed E-state index contributed by atoms with van der Waals surface area (Å²) in [4.78, 5) is 0. The first-order chi connectivity index (χ1) is 7.22. The fourth-order valence-corrected chi connectivity index (χ4v) is 1.83. The predicted octanol–water partition coefficient (Wildman–Crippen LogP) is 1.65. The molecule has 1 aliphatic rings. The number of nitrogens with two attached hydrogens (primary N) is 1. The number of hydrogen-bond acceptors (Lipinski definition) is 2. The lowest BCUT2D eigenvalue weighted by Crippen LogP contribution is -2.10. The third-order valence-electron chi connectivity index (χ3n) is 3.05. The maximum Gasteiger partial charge on any atom is 0.0690 e. The van der Waals surface area contributed by atoms with Crippen molar-refractivity contribution in [3.8, 4) is 0 Å². The van der Waals surface area contributed by atoms with Crippen LogP contribution < -0.4 is 5.73 Å². The van der Waals surface area contributed by atoms with E-state index in [2.05, 4.69) is 24.3 Å². The Morgan fingerprint density at radius 2 is 1.73 bits per heavy atom. The van der Waals surface area contributed by atoms with Crippen molar-refractivity contribution in [1.29, 1.82) is 0 Å². The van der Waals surface area contributed by atoms with Crippen molar-refractivity contribution in [2.75, 3.05) is 6.54 Å². The molecule has 1 fully saturated rings. The molecule has 0 heterocycles. The average molecular weight is 205 g/mol. The van der Waals surface area contributed by atoms with E-state index >= 15 is 0 Å². The number of benzene rings is 1. The van der Waals surface area contributed by atoms with E-state index in [-0.39, 0.29) is 5.60 Å². The second-order valence-electron chi connectivity index (χ2n) is 4.61. The fraction of sp³-hybridized carbons (Fsp3) is 0.538. The minimum absolute atomic E-state index is 0.376. The van der Waals surface area contributed by atoms with E-state index in [1.165, 1.54) is 11.1 Å². The minimum Gasteiger partial charge on any atom is -0.390 e. The largest absolute Gasteiger partial charge is 0.390 e. The van der Waals surface area contributed by atoms with Gasteiger partial charge in [0.15, 0.2) is 0 Å². The fourth-order valence-electron chi connectivity index (χ4n) is 1.83. The third-order valence-corrected chi connectivity index (χ3v) is 3.05. The summed E-state index contributed by atoms with van der Waals surface area (Å²) in [5.41, 5.74) is 7.67. The first kappa shape index (κ1) is 10.7. The van der Waals surface area contributed by atoms with Crippen LogP contribution in [0.5, 0.6) is 0 Å².